The van der Waals surface area contributed by atoms with Crippen LogP contribution >= 0.6 is 11.8 Å². The Morgan fingerprint density at radius 3 is 2.71 bits per heavy atom. The van der Waals surface area contributed by atoms with Gasteiger partial charge in [-0.25, -0.2) is 0 Å². The summed E-state index contributed by atoms with van der Waals surface area (Å²) in [6.07, 6.45) is 2.75. The van der Waals surface area contributed by atoms with Crippen molar-refractivity contribution in [2.75, 3.05) is 18.8 Å². The monoisotopic (exact) mass is 249 g/mol. The van der Waals surface area contributed by atoms with Gasteiger partial charge in [0.1, 0.15) is 0 Å². The molecule has 2 atom stereocenters. The minimum Gasteiger partial charge on any atom is -0.300 e. The molecule has 1 nitrogen and oxygen atoms in total. The average Bonchev–Trinajstić information content (AvgIpc) is 2.33. The summed E-state index contributed by atoms with van der Waals surface area (Å²) in [5.74, 6) is 2.13. The lowest BCUT2D eigenvalue weighted by Crippen LogP contribution is -2.41. The molecule has 1 aromatic rings. The minimum atomic E-state index is 0.773. The van der Waals surface area contributed by atoms with E-state index >= 15 is 0 Å². The Balaban J connectivity index is 1.72. The number of piperidine rings is 1. The van der Waals surface area contributed by atoms with E-state index in [0.29, 0.717) is 0 Å². The molecule has 0 radical (unpaired) electrons. The average molecular weight is 249 g/mol. The van der Waals surface area contributed by atoms with E-state index in [1.807, 2.05) is 11.8 Å². The number of likely N-dealkylation sites (tertiary alicyclic amines) is 1. The Morgan fingerprint density at radius 2 is 2.00 bits per heavy atom. The van der Waals surface area contributed by atoms with Gasteiger partial charge in [0.2, 0.25) is 0 Å². The third-order valence-corrected chi connectivity index (χ3v) is 4.66. The van der Waals surface area contributed by atoms with Gasteiger partial charge in [-0.05, 0) is 44.4 Å². The quantitative estimate of drug-likeness (QED) is 0.745. The molecular weight excluding hydrogens is 226 g/mol. The number of nitrogens with zero attached hydrogens (tertiary/aromatic N) is 1. The van der Waals surface area contributed by atoms with Crippen LogP contribution in [0.25, 0.3) is 0 Å². The number of rotatable bonds is 4. The van der Waals surface area contributed by atoms with Crippen molar-refractivity contribution >= 4 is 11.8 Å². The Labute approximate surface area is 110 Å². The van der Waals surface area contributed by atoms with Crippen molar-refractivity contribution < 1.29 is 0 Å². The fourth-order valence-corrected chi connectivity index (χ4v) is 3.50. The van der Waals surface area contributed by atoms with Gasteiger partial charge in [0.15, 0.2) is 0 Å². The van der Waals surface area contributed by atoms with Crippen molar-refractivity contribution in [1.82, 2.24) is 4.90 Å². The summed E-state index contributed by atoms with van der Waals surface area (Å²) >= 11 is 1.98. The maximum Gasteiger partial charge on any atom is 0.0108 e. The van der Waals surface area contributed by atoms with Crippen molar-refractivity contribution in [3.05, 3.63) is 30.3 Å². The molecule has 0 aromatic heterocycles. The van der Waals surface area contributed by atoms with Gasteiger partial charge in [-0.2, -0.15) is 0 Å². The van der Waals surface area contributed by atoms with E-state index < -0.39 is 0 Å². The molecule has 1 saturated heterocycles. The molecule has 1 aliphatic rings. The number of hydrogen-bond acceptors (Lipinski definition) is 2. The molecule has 2 unspecified atom stereocenters. The van der Waals surface area contributed by atoms with Crippen molar-refractivity contribution in [1.29, 1.82) is 0 Å². The summed E-state index contributed by atoms with van der Waals surface area (Å²) in [7, 11) is 0. The van der Waals surface area contributed by atoms with Crippen LogP contribution in [0.5, 0.6) is 0 Å². The number of hydrogen-bond donors (Lipinski definition) is 0. The van der Waals surface area contributed by atoms with E-state index in [0.717, 1.165) is 12.0 Å². The molecule has 2 heteroatoms. The van der Waals surface area contributed by atoms with Gasteiger partial charge in [-0.3, -0.25) is 4.90 Å². The van der Waals surface area contributed by atoms with Crippen LogP contribution in [-0.2, 0) is 0 Å². The van der Waals surface area contributed by atoms with Gasteiger partial charge in [0, 0.05) is 23.2 Å². The van der Waals surface area contributed by atoms with Crippen LogP contribution in [0.4, 0.5) is 0 Å². The standard InChI is InChI=1S/C15H23NS/c1-13-8-9-16(14(2)12-13)10-11-17-15-6-4-3-5-7-15/h3-7,13-14H,8-12H2,1-2H3. The van der Waals surface area contributed by atoms with E-state index in [1.54, 1.807) is 0 Å². The second-order valence-corrected chi connectivity index (χ2v) is 6.34. The van der Waals surface area contributed by atoms with Crippen LogP contribution in [0.15, 0.2) is 35.2 Å². The van der Waals surface area contributed by atoms with E-state index in [2.05, 4.69) is 49.1 Å². The third kappa shape index (κ3) is 4.04. The SMILES string of the molecule is CC1CCN(CCSc2ccccc2)C(C)C1. The molecule has 1 heterocycles. The predicted molar refractivity (Wildman–Crippen MR) is 76.6 cm³/mol. The Kier molecular flexibility index (Phi) is 4.93. The minimum absolute atomic E-state index is 0.773. The lowest BCUT2D eigenvalue weighted by molar-refractivity contribution is 0.138. The van der Waals surface area contributed by atoms with Crippen LogP contribution in [0.3, 0.4) is 0 Å². The van der Waals surface area contributed by atoms with Crippen molar-refractivity contribution in [2.45, 2.75) is 37.6 Å². The van der Waals surface area contributed by atoms with Crippen LogP contribution in [-0.4, -0.2) is 29.8 Å². The molecule has 1 aliphatic heterocycles. The van der Waals surface area contributed by atoms with E-state index in [1.165, 1.54) is 36.6 Å². The lowest BCUT2D eigenvalue weighted by atomic mass is 9.93. The normalized spacial score (nSPS) is 26.0. The molecule has 1 aromatic carbocycles. The smallest absolute Gasteiger partial charge is 0.0108 e. The summed E-state index contributed by atoms with van der Waals surface area (Å²) in [6.45, 7) is 7.28. The van der Waals surface area contributed by atoms with Gasteiger partial charge in [-0.1, -0.05) is 25.1 Å². The first-order valence-electron chi connectivity index (χ1n) is 6.67. The highest BCUT2D eigenvalue weighted by Crippen LogP contribution is 2.23. The fraction of sp³-hybridized carbons (Fsp3) is 0.600. The Morgan fingerprint density at radius 1 is 1.24 bits per heavy atom. The van der Waals surface area contributed by atoms with Crippen molar-refractivity contribution in [2.24, 2.45) is 5.92 Å². The molecule has 0 amide bonds. The summed E-state index contributed by atoms with van der Waals surface area (Å²) in [5, 5.41) is 0. The third-order valence-electron chi connectivity index (χ3n) is 3.67. The first-order chi connectivity index (χ1) is 8.25. The van der Waals surface area contributed by atoms with Crippen LogP contribution in [0.1, 0.15) is 26.7 Å². The van der Waals surface area contributed by atoms with Crippen molar-refractivity contribution in [3.8, 4) is 0 Å². The highest BCUT2D eigenvalue weighted by Gasteiger charge is 2.21. The first kappa shape index (κ1) is 13.0. The Bertz CT molecular complexity index is 325. The molecule has 0 aliphatic carbocycles. The maximum absolute atomic E-state index is 2.65. The summed E-state index contributed by atoms with van der Waals surface area (Å²) in [4.78, 5) is 4.04. The highest BCUT2D eigenvalue weighted by molar-refractivity contribution is 7.99. The second kappa shape index (κ2) is 6.46. The predicted octanol–water partition coefficient (Wildman–Crippen LogP) is 3.90. The van der Waals surface area contributed by atoms with Gasteiger partial charge in [0.25, 0.3) is 0 Å². The molecule has 0 spiro atoms. The zero-order valence-electron chi connectivity index (χ0n) is 10.9. The topological polar surface area (TPSA) is 3.24 Å². The molecule has 0 N–H and O–H groups in total. The molecule has 94 valence electrons. The fourth-order valence-electron chi connectivity index (χ4n) is 2.59. The van der Waals surface area contributed by atoms with E-state index in [9.17, 15) is 0 Å². The molecular formula is C15H23NS. The molecule has 17 heavy (non-hydrogen) atoms. The number of benzene rings is 1. The van der Waals surface area contributed by atoms with Gasteiger partial charge in [0.05, 0.1) is 0 Å². The molecule has 0 bridgehead atoms. The highest BCUT2D eigenvalue weighted by atomic mass is 32.2. The van der Waals surface area contributed by atoms with E-state index in [4.69, 9.17) is 0 Å². The van der Waals surface area contributed by atoms with Crippen molar-refractivity contribution in [3.63, 3.8) is 0 Å². The zero-order valence-corrected chi connectivity index (χ0v) is 11.7. The summed E-state index contributed by atoms with van der Waals surface area (Å²) < 4.78 is 0. The first-order valence-corrected chi connectivity index (χ1v) is 7.66. The summed E-state index contributed by atoms with van der Waals surface area (Å²) in [5.41, 5.74) is 0. The van der Waals surface area contributed by atoms with Crippen LogP contribution in [0, 0.1) is 5.92 Å². The largest absolute Gasteiger partial charge is 0.300 e. The van der Waals surface area contributed by atoms with E-state index in [-0.39, 0.29) is 0 Å². The van der Waals surface area contributed by atoms with Crippen LogP contribution in [0.2, 0.25) is 0 Å². The summed E-state index contributed by atoms with van der Waals surface area (Å²) in [6, 6.07) is 11.5. The molecule has 1 fully saturated rings. The lowest BCUT2D eigenvalue weighted by Gasteiger charge is -2.36. The second-order valence-electron chi connectivity index (χ2n) is 5.18. The van der Waals surface area contributed by atoms with Gasteiger partial charge < -0.3 is 0 Å². The zero-order chi connectivity index (χ0) is 12.1. The molecule has 0 saturated carbocycles. The van der Waals surface area contributed by atoms with Gasteiger partial charge >= 0.3 is 0 Å². The van der Waals surface area contributed by atoms with Gasteiger partial charge in [-0.15, -0.1) is 11.8 Å². The van der Waals surface area contributed by atoms with Crippen LogP contribution < -0.4 is 0 Å². The molecule has 2 rings (SSSR count). The maximum atomic E-state index is 2.65. The number of thioether (sulfide) groups is 1. The Hall–Kier alpha value is -0.470.